The molecule has 70 valence electrons. The Hall–Kier alpha value is -0.0800. The van der Waals surface area contributed by atoms with Crippen molar-refractivity contribution in [1.29, 1.82) is 0 Å². The number of aliphatic hydroxyl groups excluding tert-OH is 1. The molecule has 0 radical (unpaired) electrons. The maximum absolute atomic E-state index is 7.94. The van der Waals surface area contributed by atoms with Crippen LogP contribution in [0, 0.1) is 0 Å². The highest BCUT2D eigenvalue weighted by atomic mass is 16.5. The fourth-order valence-corrected chi connectivity index (χ4v) is 0.591. The van der Waals surface area contributed by atoms with E-state index in [1.165, 1.54) is 25.7 Å². The number of hydrogen-bond donors (Lipinski definition) is 1. The molecule has 0 aromatic heterocycles. The molecular formula is C9H22O2. The van der Waals surface area contributed by atoms with Crippen molar-refractivity contribution in [2.45, 2.75) is 39.5 Å². The largest absolute Gasteiger partial charge is 0.394 e. The molecule has 0 amide bonds. The summed E-state index contributed by atoms with van der Waals surface area (Å²) >= 11 is 0. The summed E-state index contributed by atoms with van der Waals surface area (Å²) in [6.07, 6.45) is 5.54. The van der Waals surface area contributed by atoms with Gasteiger partial charge in [-0.3, -0.25) is 0 Å². The summed E-state index contributed by atoms with van der Waals surface area (Å²) in [4.78, 5) is 0. The molecule has 0 fully saturated rings. The molecule has 0 heterocycles. The van der Waals surface area contributed by atoms with Crippen molar-refractivity contribution in [3.8, 4) is 0 Å². The predicted molar refractivity (Wildman–Crippen MR) is 48.8 cm³/mol. The Balaban J connectivity index is 0. The summed E-state index contributed by atoms with van der Waals surface area (Å²) in [5.74, 6) is 0. The van der Waals surface area contributed by atoms with Crippen LogP contribution in [0.25, 0.3) is 0 Å². The molecule has 2 nitrogen and oxygen atoms in total. The number of ether oxygens (including phenoxy) is 1. The second kappa shape index (κ2) is 16.5. The van der Waals surface area contributed by atoms with Gasteiger partial charge < -0.3 is 9.84 Å². The van der Waals surface area contributed by atoms with Gasteiger partial charge in [-0.2, -0.15) is 0 Å². The van der Waals surface area contributed by atoms with E-state index < -0.39 is 0 Å². The summed E-state index contributed by atoms with van der Waals surface area (Å²) in [6, 6.07) is 0. The van der Waals surface area contributed by atoms with Crippen molar-refractivity contribution in [1.82, 2.24) is 0 Å². The van der Waals surface area contributed by atoms with E-state index in [0.29, 0.717) is 6.61 Å². The molecular weight excluding hydrogens is 140 g/mol. The number of rotatable bonds is 5. The summed E-state index contributed by atoms with van der Waals surface area (Å²) < 4.78 is 4.44. The van der Waals surface area contributed by atoms with Gasteiger partial charge in [0, 0.05) is 7.11 Å². The molecule has 0 atom stereocenters. The van der Waals surface area contributed by atoms with Crippen molar-refractivity contribution < 1.29 is 9.84 Å². The maximum atomic E-state index is 7.94. The van der Waals surface area contributed by atoms with Gasteiger partial charge >= 0.3 is 0 Å². The minimum absolute atomic E-state index is 0.122. The molecule has 0 unspecified atom stereocenters. The summed E-state index contributed by atoms with van der Waals surface area (Å²) in [5.41, 5.74) is 0. The van der Waals surface area contributed by atoms with Crippen molar-refractivity contribution in [2.75, 3.05) is 20.3 Å². The van der Waals surface area contributed by atoms with E-state index in [1.54, 1.807) is 7.11 Å². The molecule has 0 saturated heterocycles. The lowest BCUT2D eigenvalue weighted by Gasteiger charge is -1.86. The van der Waals surface area contributed by atoms with Crippen LogP contribution in [0.1, 0.15) is 39.5 Å². The Morgan fingerprint density at radius 1 is 1.09 bits per heavy atom. The predicted octanol–water partition coefficient (Wildman–Crippen LogP) is 2.21. The van der Waals surface area contributed by atoms with E-state index in [4.69, 9.17) is 5.11 Å². The molecule has 0 saturated carbocycles. The van der Waals surface area contributed by atoms with Crippen molar-refractivity contribution in [3.63, 3.8) is 0 Å². The molecule has 0 aromatic carbocycles. The lowest BCUT2D eigenvalue weighted by Crippen LogP contribution is -1.91. The second-order valence-electron chi connectivity index (χ2n) is 2.42. The van der Waals surface area contributed by atoms with Gasteiger partial charge in [-0.25, -0.2) is 0 Å². The van der Waals surface area contributed by atoms with Gasteiger partial charge in [0.25, 0.3) is 0 Å². The normalized spacial score (nSPS) is 8.73. The average Bonchev–Trinajstić information content (AvgIpc) is 2.04. The molecule has 0 bridgehead atoms. The van der Waals surface area contributed by atoms with E-state index in [2.05, 4.69) is 18.6 Å². The smallest absolute Gasteiger partial charge is 0.0693 e. The average molecular weight is 162 g/mol. The van der Waals surface area contributed by atoms with Crippen LogP contribution in [0.15, 0.2) is 0 Å². The summed E-state index contributed by atoms with van der Waals surface area (Å²) in [5, 5.41) is 7.94. The van der Waals surface area contributed by atoms with Gasteiger partial charge in [0.2, 0.25) is 0 Å². The van der Waals surface area contributed by atoms with Gasteiger partial charge in [0.05, 0.1) is 13.2 Å². The lowest BCUT2D eigenvalue weighted by molar-refractivity contribution is 0.135. The van der Waals surface area contributed by atoms with Gasteiger partial charge in [0.15, 0.2) is 0 Å². The summed E-state index contributed by atoms with van der Waals surface area (Å²) in [6.45, 7) is 5.03. The van der Waals surface area contributed by atoms with Crippen LogP contribution >= 0.6 is 0 Å². The van der Waals surface area contributed by atoms with Crippen LogP contribution in [0.5, 0.6) is 0 Å². The first-order valence-corrected chi connectivity index (χ1v) is 4.43. The Kier molecular flexibility index (Phi) is 20.2. The SMILES string of the molecule is CCCCCC.COCCO. The number of aliphatic hydroxyl groups is 1. The number of unbranched alkanes of at least 4 members (excludes halogenated alkanes) is 3. The minimum Gasteiger partial charge on any atom is -0.394 e. The first-order valence-electron chi connectivity index (χ1n) is 4.43. The van der Waals surface area contributed by atoms with Crippen LogP contribution in [0.3, 0.4) is 0 Å². The third-order valence-electron chi connectivity index (χ3n) is 1.25. The molecule has 0 spiro atoms. The van der Waals surface area contributed by atoms with Crippen molar-refractivity contribution in [3.05, 3.63) is 0 Å². The highest BCUT2D eigenvalue weighted by molar-refractivity contribution is 4.31. The molecule has 0 rings (SSSR count). The Bertz CT molecular complexity index is 40.8. The standard InChI is InChI=1S/C6H14.C3H8O2/c1-3-5-6-4-2;1-5-3-2-4/h3-6H2,1-2H3;4H,2-3H2,1H3. The lowest BCUT2D eigenvalue weighted by atomic mass is 10.2. The molecule has 2 heteroatoms. The zero-order chi connectivity index (χ0) is 8.95. The fourth-order valence-electron chi connectivity index (χ4n) is 0.591. The van der Waals surface area contributed by atoms with E-state index in [-0.39, 0.29) is 6.61 Å². The maximum Gasteiger partial charge on any atom is 0.0693 e. The molecule has 0 aliphatic carbocycles. The Labute approximate surface area is 70.6 Å². The topological polar surface area (TPSA) is 29.5 Å². The zero-order valence-electron chi connectivity index (χ0n) is 8.10. The van der Waals surface area contributed by atoms with E-state index in [9.17, 15) is 0 Å². The minimum atomic E-state index is 0.122. The van der Waals surface area contributed by atoms with Crippen LogP contribution in [-0.4, -0.2) is 25.4 Å². The highest BCUT2D eigenvalue weighted by Gasteiger charge is 1.75. The quantitative estimate of drug-likeness (QED) is 0.628. The van der Waals surface area contributed by atoms with E-state index in [1.807, 2.05) is 0 Å². The first-order chi connectivity index (χ1) is 5.33. The van der Waals surface area contributed by atoms with Crippen molar-refractivity contribution in [2.24, 2.45) is 0 Å². The van der Waals surface area contributed by atoms with Crippen LogP contribution in [-0.2, 0) is 4.74 Å². The van der Waals surface area contributed by atoms with Gasteiger partial charge in [-0.1, -0.05) is 39.5 Å². The highest BCUT2D eigenvalue weighted by Crippen LogP contribution is 1.95. The molecule has 1 N–H and O–H groups in total. The molecule has 11 heavy (non-hydrogen) atoms. The Morgan fingerprint density at radius 3 is 1.64 bits per heavy atom. The monoisotopic (exact) mass is 162 g/mol. The van der Waals surface area contributed by atoms with Crippen LogP contribution < -0.4 is 0 Å². The third-order valence-corrected chi connectivity index (χ3v) is 1.25. The number of methoxy groups -OCH3 is 1. The van der Waals surface area contributed by atoms with Gasteiger partial charge in [0.1, 0.15) is 0 Å². The second-order valence-corrected chi connectivity index (χ2v) is 2.42. The van der Waals surface area contributed by atoms with Crippen molar-refractivity contribution >= 4 is 0 Å². The molecule has 0 aromatic rings. The van der Waals surface area contributed by atoms with Crippen LogP contribution in [0.2, 0.25) is 0 Å². The fraction of sp³-hybridized carbons (Fsp3) is 1.00. The zero-order valence-corrected chi connectivity index (χ0v) is 8.10. The third kappa shape index (κ3) is 25.7. The molecule has 0 aliphatic rings. The van der Waals surface area contributed by atoms with Gasteiger partial charge in [-0.05, 0) is 0 Å². The van der Waals surface area contributed by atoms with E-state index >= 15 is 0 Å². The molecule has 0 aliphatic heterocycles. The number of hydrogen-bond acceptors (Lipinski definition) is 2. The van der Waals surface area contributed by atoms with Gasteiger partial charge in [-0.15, -0.1) is 0 Å². The first kappa shape index (κ1) is 13.5. The van der Waals surface area contributed by atoms with E-state index in [0.717, 1.165) is 0 Å². The Morgan fingerprint density at radius 2 is 1.55 bits per heavy atom. The van der Waals surface area contributed by atoms with Crippen LogP contribution in [0.4, 0.5) is 0 Å². The summed E-state index contributed by atoms with van der Waals surface area (Å²) in [7, 11) is 1.55.